The van der Waals surface area contributed by atoms with Crippen molar-refractivity contribution in [3.63, 3.8) is 0 Å². The van der Waals surface area contributed by atoms with Gasteiger partial charge in [-0.2, -0.15) is 0 Å². The van der Waals surface area contributed by atoms with Crippen LogP contribution in [-0.4, -0.2) is 29.6 Å². The van der Waals surface area contributed by atoms with Crippen molar-refractivity contribution in [2.24, 2.45) is 4.99 Å². The maximum Gasteiger partial charge on any atom is 0.264 e. The lowest BCUT2D eigenvalue weighted by Crippen LogP contribution is -2.32. The molecule has 0 spiro atoms. The van der Waals surface area contributed by atoms with Gasteiger partial charge in [0.15, 0.2) is 9.84 Å². The zero-order valence-corrected chi connectivity index (χ0v) is 17.5. The molecule has 3 aromatic carbocycles. The fraction of sp³-hybridized carbons (Fsp3) is 0.0833. The lowest BCUT2D eigenvalue weighted by atomic mass is 10.1. The van der Waals surface area contributed by atoms with Crippen molar-refractivity contribution < 1.29 is 17.9 Å². The van der Waals surface area contributed by atoms with Crippen molar-refractivity contribution >= 4 is 32.1 Å². The van der Waals surface area contributed by atoms with Crippen LogP contribution in [0.2, 0.25) is 0 Å². The van der Waals surface area contributed by atoms with Crippen LogP contribution in [0.25, 0.3) is 10.9 Å². The highest BCUT2D eigenvalue weighted by Crippen LogP contribution is 2.34. The summed E-state index contributed by atoms with van der Waals surface area (Å²) in [5, 5.41) is 11.3. The summed E-state index contributed by atoms with van der Waals surface area (Å²) in [6.45, 7) is -0.0874. The Balaban J connectivity index is 1.80. The number of hydrogen-bond donors (Lipinski definition) is 1. The molecule has 0 aliphatic carbocycles. The molecule has 0 saturated heterocycles. The van der Waals surface area contributed by atoms with Gasteiger partial charge in [-0.1, -0.05) is 42.5 Å². The van der Waals surface area contributed by atoms with Crippen molar-refractivity contribution in [3.8, 4) is 5.75 Å². The third-order valence-corrected chi connectivity index (χ3v) is 7.17. The summed E-state index contributed by atoms with van der Waals surface area (Å²) < 4.78 is 41.4. The van der Waals surface area contributed by atoms with Gasteiger partial charge in [-0.05, 0) is 30.3 Å². The average molecular weight is 448 g/mol. The van der Waals surface area contributed by atoms with Gasteiger partial charge < -0.3 is 9.67 Å². The lowest BCUT2D eigenvalue weighted by Gasteiger charge is -2.19. The molecular weight excluding hydrogens is 431 g/mol. The normalized spacial score (nSPS) is 14.7. The van der Waals surface area contributed by atoms with E-state index in [-0.39, 0.29) is 34.2 Å². The second-order valence-corrected chi connectivity index (χ2v) is 9.47. The molecule has 2 heterocycles. The number of aromatic nitrogens is 1. The number of para-hydroxylation sites is 2. The average Bonchev–Trinajstić information content (AvgIpc) is 2.77. The molecule has 8 heteroatoms. The molecular formula is C24H17FN2O4S. The number of pyridine rings is 1. The minimum absolute atomic E-state index is 0.0424. The van der Waals surface area contributed by atoms with Gasteiger partial charge in [0.05, 0.1) is 34.1 Å². The molecule has 0 fully saturated rings. The maximum absolute atomic E-state index is 14.3. The molecule has 0 saturated carbocycles. The third kappa shape index (κ3) is 3.20. The molecule has 0 atom stereocenters. The fourth-order valence-electron chi connectivity index (χ4n) is 3.98. The number of aliphatic imine (C=N–C) groups is 1. The van der Waals surface area contributed by atoms with Gasteiger partial charge in [-0.25, -0.2) is 12.8 Å². The van der Waals surface area contributed by atoms with E-state index in [1.165, 1.54) is 16.7 Å². The molecule has 1 N–H and O–H groups in total. The smallest absolute Gasteiger partial charge is 0.264 e. The lowest BCUT2D eigenvalue weighted by molar-refractivity contribution is 0.477. The van der Waals surface area contributed by atoms with Crippen LogP contribution in [0.5, 0.6) is 5.75 Å². The van der Waals surface area contributed by atoms with E-state index in [0.717, 1.165) is 0 Å². The predicted molar refractivity (Wildman–Crippen MR) is 120 cm³/mol. The molecule has 6 nitrogen and oxygen atoms in total. The highest BCUT2D eigenvalue weighted by molar-refractivity contribution is 7.92. The summed E-state index contributed by atoms with van der Waals surface area (Å²) >= 11 is 0. The van der Waals surface area contributed by atoms with Crippen molar-refractivity contribution in [1.29, 1.82) is 0 Å². The largest absolute Gasteiger partial charge is 0.506 e. The van der Waals surface area contributed by atoms with Gasteiger partial charge in [0.2, 0.25) is 0 Å². The minimum Gasteiger partial charge on any atom is -0.506 e. The summed E-state index contributed by atoms with van der Waals surface area (Å²) in [6, 6.07) is 19.0. The van der Waals surface area contributed by atoms with Crippen molar-refractivity contribution in [2.75, 3.05) is 5.75 Å². The van der Waals surface area contributed by atoms with Gasteiger partial charge in [0.1, 0.15) is 17.1 Å². The van der Waals surface area contributed by atoms with Gasteiger partial charge in [-0.15, -0.1) is 0 Å². The van der Waals surface area contributed by atoms with E-state index in [0.29, 0.717) is 16.5 Å². The van der Waals surface area contributed by atoms with Gasteiger partial charge >= 0.3 is 0 Å². The summed E-state index contributed by atoms with van der Waals surface area (Å²) in [5.74, 6) is -1.33. The van der Waals surface area contributed by atoms with Crippen LogP contribution >= 0.6 is 0 Å². The van der Waals surface area contributed by atoms with E-state index in [1.54, 1.807) is 60.7 Å². The monoisotopic (exact) mass is 448 g/mol. The molecule has 0 unspecified atom stereocenters. The van der Waals surface area contributed by atoms with Crippen LogP contribution < -0.4 is 5.56 Å². The zero-order chi connectivity index (χ0) is 22.5. The van der Waals surface area contributed by atoms with E-state index < -0.39 is 27.0 Å². The third-order valence-electron chi connectivity index (χ3n) is 5.50. The van der Waals surface area contributed by atoms with Crippen LogP contribution in [-0.2, 0) is 16.4 Å². The number of sulfone groups is 1. The Morgan fingerprint density at radius 1 is 0.969 bits per heavy atom. The first kappa shape index (κ1) is 20.1. The molecule has 4 aromatic rings. The van der Waals surface area contributed by atoms with Crippen LogP contribution in [0.4, 0.5) is 10.1 Å². The first-order chi connectivity index (χ1) is 15.4. The number of halogens is 1. The van der Waals surface area contributed by atoms with Crippen molar-refractivity contribution in [2.45, 2.75) is 11.4 Å². The minimum atomic E-state index is -3.75. The van der Waals surface area contributed by atoms with Crippen molar-refractivity contribution in [1.82, 2.24) is 4.57 Å². The van der Waals surface area contributed by atoms with Crippen LogP contribution in [0, 0.1) is 5.82 Å². The standard InChI is InChI=1S/C24H17FN2O4S/c25-17-9-3-1-7-15(17)13-27-20-11-5-2-8-16(20)23(28)22(24(27)29)19-14-32(30,31)21-12-6-4-10-18(21)26-19/h1-12,28H,13-14H2. The number of nitrogens with zero attached hydrogens (tertiary/aromatic N) is 2. The molecule has 0 bridgehead atoms. The first-order valence-corrected chi connectivity index (χ1v) is 11.5. The molecule has 160 valence electrons. The van der Waals surface area contributed by atoms with Gasteiger partial charge in [0.25, 0.3) is 5.56 Å². The summed E-state index contributed by atoms with van der Waals surface area (Å²) in [4.78, 5) is 18.0. The highest BCUT2D eigenvalue weighted by Gasteiger charge is 2.31. The summed E-state index contributed by atoms with van der Waals surface area (Å²) in [5.41, 5.74) is 0.0260. The molecule has 0 amide bonds. The first-order valence-electron chi connectivity index (χ1n) is 9.84. The Morgan fingerprint density at radius 3 is 2.47 bits per heavy atom. The van der Waals surface area contributed by atoms with Crippen LogP contribution in [0.15, 0.2) is 87.5 Å². The molecule has 1 aromatic heterocycles. The second kappa shape index (κ2) is 7.42. The Bertz CT molecular complexity index is 1590. The van der Waals surface area contributed by atoms with Crippen LogP contribution in [0.1, 0.15) is 11.1 Å². The van der Waals surface area contributed by atoms with E-state index in [1.807, 2.05) is 0 Å². The Morgan fingerprint density at radius 2 is 1.66 bits per heavy atom. The zero-order valence-electron chi connectivity index (χ0n) is 16.7. The molecule has 1 aliphatic heterocycles. The maximum atomic E-state index is 14.3. The van der Waals surface area contributed by atoms with E-state index in [9.17, 15) is 22.7 Å². The summed E-state index contributed by atoms with van der Waals surface area (Å²) in [7, 11) is -3.75. The predicted octanol–water partition coefficient (Wildman–Crippen LogP) is 3.80. The summed E-state index contributed by atoms with van der Waals surface area (Å²) in [6.07, 6.45) is 0. The fourth-order valence-corrected chi connectivity index (χ4v) is 5.42. The molecule has 0 radical (unpaired) electrons. The Kier molecular flexibility index (Phi) is 4.67. The molecule has 5 rings (SSSR count). The SMILES string of the molecule is O=c1c(C2=Nc3ccccc3S(=O)(=O)C2)c(O)c2ccccc2n1Cc1ccccc1F. The molecule has 1 aliphatic rings. The highest BCUT2D eigenvalue weighted by atomic mass is 32.2. The topological polar surface area (TPSA) is 88.7 Å². The number of fused-ring (bicyclic) bond motifs is 2. The second-order valence-electron chi connectivity index (χ2n) is 7.51. The number of aromatic hydroxyl groups is 1. The van der Waals surface area contributed by atoms with Crippen LogP contribution in [0.3, 0.4) is 0 Å². The quantitative estimate of drug-likeness (QED) is 0.516. The van der Waals surface area contributed by atoms with Gasteiger partial charge in [0, 0.05) is 10.9 Å². The number of benzene rings is 3. The Hall–Kier alpha value is -3.78. The van der Waals surface area contributed by atoms with E-state index in [4.69, 9.17) is 0 Å². The Labute approximate surface area is 182 Å². The number of hydrogen-bond acceptors (Lipinski definition) is 5. The van der Waals surface area contributed by atoms with E-state index >= 15 is 0 Å². The van der Waals surface area contributed by atoms with Gasteiger partial charge in [-0.3, -0.25) is 9.79 Å². The van der Waals surface area contributed by atoms with Crippen molar-refractivity contribution in [3.05, 3.63) is 100 Å². The van der Waals surface area contributed by atoms with E-state index in [2.05, 4.69) is 4.99 Å². The molecule has 32 heavy (non-hydrogen) atoms. The number of rotatable bonds is 3.